The van der Waals surface area contributed by atoms with Crippen LogP contribution in [0.15, 0.2) is 30.5 Å². The molecule has 0 aliphatic rings. The Bertz CT molecular complexity index is 659. The van der Waals surface area contributed by atoms with Crippen molar-refractivity contribution in [1.82, 2.24) is 9.97 Å². The van der Waals surface area contributed by atoms with Gasteiger partial charge in [0.1, 0.15) is 11.4 Å². The van der Waals surface area contributed by atoms with Gasteiger partial charge in [-0.25, -0.2) is 4.98 Å². The highest BCUT2D eigenvalue weighted by Crippen LogP contribution is 2.22. The molecule has 2 aromatic rings. The van der Waals surface area contributed by atoms with Crippen molar-refractivity contribution in [1.29, 1.82) is 0 Å². The van der Waals surface area contributed by atoms with E-state index in [1.165, 1.54) is 20.4 Å². The van der Waals surface area contributed by atoms with Crippen LogP contribution in [0.1, 0.15) is 12.0 Å². The van der Waals surface area contributed by atoms with Gasteiger partial charge in [0.25, 0.3) is 0 Å². The van der Waals surface area contributed by atoms with Gasteiger partial charge in [0.05, 0.1) is 27.5 Å². The maximum absolute atomic E-state index is 12.1. The van der Waals surface area contributed by atoms with Gasteiger partial charge in [0.2, 0.25) is 11.8 Å². The predicted octanol–water partition coefficient (Wildman–Crippen LogP) is 2.07. The van der Waals surface area contributed by atoms with Crippen molar-refractivity contribution in [3.63, 3.8) is 0 Å². The number of aryl methyl sites for hydroxylation is 1. The van der Waals surface area contributed by atoms with E-state index in [1.54, 1.807) is 7.11 Å². The van der Waals surface area contributed by atoms with Crippen molar-refractivity contribution in [3.05, 3.63) is 36.0 Å². The van der Waals surface area contributed by atoms with E-state index in [0.29, 0.717) is 18.5 Å². The van der Waals surface area contributed by atoms with Gasteiger partial charge in [0.15, 0.2) is 0 Å². The van der Waals surface area contributed by atoms with Crippen LogP contribution in [0.4, 0.5) is 5.69 Å². The standard InChI is InChI=1S/C16H19N3O4/c1-21-12-7-4-11(5-8-12)6-9-14(20)18-13-10-17-16(23-3)19-15(13)22-2/h4-5,7-8,10H,6,9H2,1-3H3,(H,18,20). The minimum atomic E-state index is -0.145. The number of hydrogen-bond donors (Lipinski definition) is 1. The lowest BCUT2D eigenvalue weighted by Crippen LogP contribution is -2.14. The highest BCUT2D eigenvalue weighted by molar-refractivity contribution is 5.91. The van der Waals surface area contributed by atoms with Crippen LogP contribution in [0, 0.1) is 0 Å². The van der Waals surface area contributed by atoms with Gasteiger partial charge in [-0.3, -0.25) is 4.79 Å². The molecule has 122 valence electrons. The third-order valence-corrected chi connectivity index (χ3v) is 3.18. The first kappa shape index (κ1) is 16.5. The Morgan fingerprint density at radius 3 is 2.43 bits per heavy atom. The fourth-order valence-corrected chi connectivity index (χ4v) is 1.95. The molecule has 0 unspecified atom stereocenters. The van der Waals surface area contributed by atoms with E-state index >= 15 is 0 Å². The van der Waals surface area contributed by atoms with Crippen LogP contribution < -0.4 is 19.5 Å². The number of nitrogens with one attached hydrogen (secondary N) is 1. The second kappa shape index (κ2) is 7.98. The number of carbonyl (C=O) groups is 1. The molecule has 1 aromatic heterocycles. The van der Waals surface area contributed by atoms with Gasteiger partial charge in [-0.2, -0.15) is 4.98 Å². The summed E-state index contributed by atoms with van der Waals surface area (Å²) in [4.78, 5) is 20.0. The minimum absolute atomic E-state index is 0.145. The first-order valence-electron chi connectivity index (χ1n) is 7.04. The number of methoxy groups -OCH3 is 3. The third kappa shape index (κ3) is 4.57. The zero-order valence-electron chi connectivity index (χ0n) is 13.3. The number of benzene rings is 1. The van der Waals surface area contributed by atoms with Gasteiger partial charge in [-0.05, 0) is 24.1 Å². The number of rotatable bonds is 7. The van der Waals surface area contributed by atoms with E-state index in [2.05, 4.69) is 15.3 Å². The maximum Gasteiger partial charge on any atom is 0.319 e. The van der Waals surface area contributed by atoms with Crippen LogP contribution >= 0.6 is 0 Å². The molecule has 1 heterocycles. The number of hydrogen-bond acceptors (Lipinski definition) is 6. The Hall–Kier alpha value is -2.83. The lowest BCUT2D eigenvalue weighted by Gasteiger charge is -2.09. The van der Waals surface area contributed by atoms with Gasteiger partial charge < -0.3 is 19.5 Å². The monoisotopic (exact) mass is 317 g/mol. The lowest BCUT2D eigenvalue weighted by molar-refractivity contribution is -0.116. The summed E-state index contributed by atoms with van der Waals surface area (Å²) in [5.74, 6) is 0.904. The predicted molar refractivity (Wildman–Crippen MR) is 85.1 cm³/mol. The molecular weight excluding hydrogens is 298 g/mol. The highest BCUT2D eigenvalue weighted by Gasteiger charge is 2.11. The number of carbonyl (C=O) groups excluding carboxylic acids is 1. The zero-order valence-corrected chi connectivity index (χ0v) is 13.3. The first-order valence-corrected chi connectivity index (χ1v) is 7.04. The van der Waals surface area contributed by atoms with Crippen LogP contribution in [0.2, 0.25) is 0 Å². The van der Waals surface area contributed by atoms with Gasteiger partial charge in [0, 0.05) is 6.42 Å². The molecule has 0 radical (unpaired) electrons. The van der Waals surface area contributed by atoms with E-state index in [-0.39, 0.29) is 17.8 Å². The Balaban J connectivity index is 1.93. The van der Waals surface area contributed by atoms with E-state index in [4.69, 9.17) is 14.2 Å². The molecule has 0 aliphatic heterocycles. The number of nitrogens with zero attached hydrogens (tertiary/aromatic N) is 2. The molecule has 2 rings (SSSR count). The van der Waals surface area contributed by atoms with E-state index in [0.717, 1.165) is 11.3 Å². The highest BCUT2D eigenvalue weighted by atomic mass is 16.5. The van der Waals surface area contributed by atoms with E-state index < -0.39 is 0 Å². The molecular formula is C16H19N3O4. The molecule has 0 spiro atoms. The lowest BCUT2D eigenvalue weighted by atomic mass is 10.1. The topological polar surface area (TPSA) is 82.6 Å². The van der Waals surface area contributed by atoms with Gasteiger partial charge >= 0.3 is 6.01 Å². The number of ether oxygens (including phenoxy) is 3. The Morgan fingerprint density at radius 2 is 1.83 bits per heavy atom. The first-order chi connectivity index (χ1) is 11.2. The minimum Gasteiger partial charge on any atom is -0.497 e. The van der Waals surface area contributed by atoms with Crippen molar-refractivity contribution < 1.29 is 19.0 Å². The molecule has 0 saturated heterocycles. The van der Waals surface area contributed by atoms with Crippen LogP contribution in [0.25, 0.3) is 0 Å². The zero-order chi connectivity index (χ0) is 16.7. The largest absolute Gasteiger partial charge is 0.497 e. The van der Waals surface area contributed by atoms with Gasteiger partial charge in [-0.1, -0.05) is 12.1 Å². The molecule has 7 heteroatoms. The SMILES string of the molecule is COc1ccc(CCC(=O)Nc2cnc(OC)nc2OC)cc1. The van der Waals surface area contributed by atoms with Crippen molar-refractivity contribution in [2.45, 2.75) is 12.8 Å². The van der Waals surface area contributed by atoms with Crippen LogP contribution in [-0.2, 0) is 11.2 Å². The quantitative estimate of drug-likeness (QED) is 0.842. The second-order valence-corrected chi connectivity index (χ2v) is 4.68. The molecule has 1 aromatic carbocycles. The molecule has 0 aliphatic carbocycles. The summed E-state index contributed by atoms with van der Waals surface area (Å²) >= 11 is 0. The summed E-state index contributed by atoms with van der Waals surface area (Å²) < 4.78 is 15.1. The number of amides is 1. The molecule has 0 atom stereocenters. The average Bonchev–Trinajstić information content (AvgIpc) is 2.60. The normalized spacial score (nSPS) is 10.0. The number of aromatic nitrogens is 2. The maximum atomic E-state index is 12.1. The van der Waals surface area contributed by atoms with Crippen molar-refractivity contribution in [3.8, 4) is 17.6 Å². The number of anilines is 1. The smallest absolute Gasteiger partial charge is 0.319 e. The molecule has 0 saturated carbocycles. The molecule has 1 N–H and O–H groups in total. The molecule has 0 fully saturated rings. The van der Waals surface area contributed by atoms with Crippen molar-refractivity contribution in [2.24, 2.45) is 0 Å². The van der Waals surface area contributed by atoms with Crippen LogP contribution in [0.3, 0.4) is 0 Å². The van der Waals surface area contributed by atoms with Crippen LogP contribution in [-0.4, -0.2) is 37.2 Å². The molecule has 23 heavy (non-hydrogen) atoms. The van der Waals surface area contributed by atoms with Crippen LogP contribution in [0.5, 0.6) is 17.6 Å². The Morgan fingerprint density at radius 1 is 1.09 bits per heavy atom. The average molecular weight is 317 g/mol. The third-order valence-electron chi connectivity index (χ3n) is 3.18. The Labute approximate surface area is 134 Å². The summed E-state index contributed by atoms with van der Waals surface area (Å²) in [6.45, 7) is 0. The van der Waals surface area contributed by atoms with Gasteiger partial charge in [-0.15, -0.1) is 0 Å². The van der Waals surface area contributed by atoms with E-state index in [9.17, 15) is 4.79 Å². The summed E-state index contributed by atoms with van der Waals surface area (Å²) in [7, 11) is 4.55. The van der Waals surface area contributed by atoms with Crippen molar-refractivity contribution >= 4 is 11.6 Å². The fourth-order valence-electron chi connectivity index (χ4n) is 1.95. The molecule has 1 amide bonds. The summed E-state index contributed by atoms with van der Waals surface area (Å²) in [6, 6.07) is 7.78. The fraction of sp³-hybridized carbons (Fsp3) is 0.312. The Kier molecular flexibility index (Phi) is 5.74. The van der Waals surface area contributed by atoms with E-state index in [1.807, 2.05) is 24.3 Å². The van der Waals surface area contributed by atoms with Crippen molar-refractivity contribution in [2.75, 3.05) is 26.6 Å². The molecule has 7 nitrogen and oxygen atoms in total. The summed E-state index contributed by atoms with van der Waals surface area (Å²) in [5.41, 5.74) is 1.46. The summed E-state index contributed by atoms with van der Waals surface area (Å²) in [5, 5.41) is 2.74. The second-order valence-electron chi connectivity index (χ2n) is 4.68. The summed E-state index contributed by atoms with van der Waals surface area (Å²) in [6.07, 6.45) is 2.41. The molecule has 0 bridgehead atoms.